The van der Waals surface area contributed by atoms with E-state index in [1.54, 1.807) is 13.0 Å². The molecular formula is C16H17N5O5. The van der Waals surface area contributed by atoms with Crippen molar-refractivity contribution in [3.8, 4) is 5.69 Å². The van der Waals surface area contributed by atoms with E-state index in [2.05, 4.69) is 10.3 Å². The zero-order valence-electron chi connectivity index (χ0n) is 14.0. The second-order valence-electron chi connectivity index (χ2n) is 6.14. The smallest absolute Gasteiger partial charge is 0.308 e. The third kappa shape index (κ3) is 3.25. The van der Waals surface area contributed by atoms with Crippen molar-refractivity contribution < 1.29 is 19.6 Å². The minimum atomic E-state index is -0.917. The maximum absolute atomic E-state index is 12.7. The van der Waals surface area contributed by atoms with E-state index in [1.165, 1.54) is 27.8 Å². The predicted molar refractivity (Wildman–Crippen MR) is 89.0 cm³/mol. The van der Waals surface area contributed by atoms with Gasteiger partial charge in [-0.25, -0.2) is 4.68 Å². The van der Waals surface area contributed by atoms with Crippen molar-refractivity contribution in [2.75, 3.05) is 13.1 Å². The summed E-state index contributed by atoms with van der Waals surface area (Å²) in [5.74, 6) is -1.88. The van der Waals surface area contributed by atoms with Gasteiger partial charge >= 0.3 is 5.97 Å². The van der Waals surface area contributed by atoms with E-state index in [0.29, 0.717) is 30.8 Å². The molecule has 0 unspecified atom stereocenters. The van der Waals surface area contributed by atoms with Crippen LogP contribution in [0.15, 0.2) is 24.3 Å². The molecule has 136 valence electrons. The Bertz CT molecular complexity index is 878. The van der Waals surface area contributed by atoms with Gasteiger partial charge < -0.3 is 10.0 Å². The monoisotopic (exact) mass is 359 g/mol. The highest BCUT2D eigenvalue weighted by Gasteiger charge is 2.31. The first kappa shape index (κ1) is 17.5. The Morgan fingerprint density at radius 3 is 2.85 bits per heavy atom. The van der Waals surface area contributed by atoms with Crippen LogP contribution in [0.4, 0.5) is 5.69 Å². The van der Waals surface area contributed by atoms with Crippen LogP contribution in [0.1, 0.15) is 29.0 Å². The van der Waals surface area contributed by atoms with Crippen LogP contribution in [-0.2, 0) is 4.79 Å². The van der Waals surface area contributed by atoms with Gasteiger partial charge in [0.05, 0.1) is 22.2 Å². The molecule has 0 aliphatic carbocycles. The maximum atomic E-state index is 12.7. The van der Waals surface area contributed by atoms with Gasteiger partial charge in [-0.15, -0.1) is 5.10 Å². The Morgan fingerprint density at radius 1 is 1.38 bits per heavy atom. The van der Waals surface area contributed by atoms with Crippen molar-refractivity contribution >= 4 is 17.6 Å². The fourth-order valence-electron chi connectivity index (χ4n) is 3.02. The number of aromatic nitrogens is 3. The van der Waals surface area contributed by atoms with Crippen LogP contribution in [0.25, 0.3) is 5.69 Å². The summed E-state index contributed by atoms with van der Waals surface area (Å²) in [5, 5.41) is 27.9. The number of nitro benzene ring substituents is 1. The molecule has 1 atom stereocenters. The van der Waals surface area contributed by atoms with Crippen LogP contribution in [-0.4, -0.2) is 54.9 Å². The van der Waals surface area contributed by atoms with Gasteiger partial charge in [-0.3, -0.25) is 19.7 Å². The number of non-ortho nitro benzene ring substituents is 1. The van der Waals surface area contributed by atoms with Gasteiger partial charge in [0, 0.05) is 25.2 Å². The number of nitrogens with zero attached hydrogens (tertiary/aromatic N) is 5. The van der Waals surface area contributed by atoms with E-state index in [4.69, 9.17) is 5.11 Å². The summed E-state index contributed by atoms with van der Waals surface area (Å²) in [6.45, 7) is 2.24. The number of piperidine rings is 1. The van der Waals surface area contributed by atoms with Crippen LogP contribution >= 0.6 is 0 Å². The van der Waals surface area contributed by atoms with E-state index in [0.717, 1.165) is 0 Å². The lowest BCUT2D eigenvalue weighted by Gasteiger charge is -2.30. The average Bonchev–Trinajstić information content (AvgIpc) is 3.02. The number of carbonyl (C=O) groups is 2. The molecule has 1 fully saturated rings. The quantitative estimate of drug-likeness (QED) is 0.645. The van der Waals surface area contributed by atoms with Gasteiger partial charge in [0.25, 0.3) is 11.6 Å². The highest BCUT2D eigenvalue weighted by atomic mass is 16.6. The van der Waals surface area contributed by atoms with Crippen LogP contribution in [0.3, 0.4) is 0 Å². The molecule has 0 radical (unpaired) electrons. The van der Waals surface area contributed by atoms with E-state index in [9.17, 15) is 19.7 Å². The van der Waals surface area contributed by atoms with Gasteiger partial charge in [0.15, 0.2) is 5.69 Å². The third-order valence-electron chi connectivity index (χ3n) is 4.44. The molecule has 2 heterocycles. The zero-order valence-corrected chi connectivity index (χ0v) is 14.0. The van der Waals surface area contributed by atoms with Gasteiger partial charge in [-0.1, -0.05) is 11.3 Å². The normalized spacial score (nSPS) is 17.1. The number of aliphatic carboxylic acids is 1. The molecule has 1 aliphatic rings. The van der Waals surface area contributed by atoms with E-state index >= 15 is 0 Å². The Hall–Kier alpha value is -3.30. The number of amides is 1. The molecule has 1 amide bonds. The molecule has 10 nitrogen and oxygen atoms in total. The number of likely N-dealkylation sites (tertiary alicyclic amines) is 1. The van der Waals surface area contributed by atoms with Gasteiger partial charge in [-0.2, -0.15) is 0 Å². The lowest BCUT2D eigenvalue weighted by atomic mass is 9.98. The predicted octanol–water partition coefficient (Wildman–Crippen LogP) is 1.42. The zero-order chi connectivity index (χ0) is 18.8. The summed E-state index contributed by atoms with van der Waals surface area (Å²) in [6, 6.07) is 5.86. The third-order valence-corrected chi connectivity index (χ3v) is 4.44. The fourth-order valence-corrected chi connectivity index (χ4v) is 3.02. The second kappa shape index (κ2) is 6.90. The Morgan fingerprint density at radius 2 is 2.15 bits per heavy atom. The van der Waals surface area contributed by atoms with Crippen LogP contribution in [0.5, 0.6) is 0 Å². The number of hydrogen-bond acceptors (Lipinski definition) is 6. The molecule has 1 N–H and O–H groups in total. The molecule has 1 aromatic carbocycles. The van der Waals surface area contributed by atoms with Crippen LogP contribution in [0, 0.1) is 23.0 Å². The topological polar surface area (TPSA) is 131 Å². The van der Waals surface area contributed by atoms with Crippen molar-refractivity contribution in [2.45, 2.75) is 19.8 Å². The molecule has 0 spiro atoms. The van der Waals surface area contributed by atoms with Crippen molar-refractivity contribution in [2.24, 2.45) is 5.92 Å². The number of hydrogen-bond donors (Lipinski definition) is 1. The SMILES string of the molecule is Cc1c(C(=O)N2CCC[C@H](C(=O)O)C2)nnn1-c1cccc([N+](=O)[O-])c1. The first-order valence-electron chi connectivity index (χ1n) is 8.07. The Kier molecular flexibility index (Phi) is 4.65. The standard InChI is InChI=1S/C16H17N5O5/c1-10-14(15(22)19-7-3-4-11(9-19)16(23)24)17-18-20(10)12-5-2-6-13(8-12)21(25)26/h2,5-6,8,11H,3-4,7,9H2,1H3,(H,23,24)/t11-/m0/s1. The summed E-state index contributed by atoms with van der Waals surface area (Å²) < 4.78 is 1.36. The molecule has 0 bridgehead atoms. The first-order chi connectivity index (χ1) is 12.4. The van der Waals surface area contributed by atoms with Crippen molar-refractivity contribution in [3.63, 3.8) is 0 Å². The highest BCUT2D eigenvalue weighted by molar-refractivity contribution is 5.93. The van der Waals surface area contributed by atoms with Crippen LogP contribution < -0.4 is 0 Å². The minimum Gasteiger partial charge on any atom is -0.481 e. The van der Waals surface area contributed by atoms with Gasteiger partial charge in [-0.05, 0) is 25.8 Å². The summed E-state index contributed by atoms with van der Waals surface area (Å²) in [4.78, 5) is 35.8. The molecule has 1 aromatic heterocycles. The molecule has 3 rings (SSSR count). The van der Waals surface area contributed by atoms with E-state index in [-0.39, 0.29) is 23.8 Å². The largest absolute Gasteiger partial charge is 0.481 e. The lowest BCUT2D eigenvalue weighted by Crippen LogP contribution is -2.42. The molecule has 0 saturated carbocycles. The average molecular weight is 359 g/mol. The molecular weight excluding hydrogens is 342 g/mol. The molecule has 2 aromatic rings. The van der Waals surface area contributed by atoms with Crippen molar-refractivity contribution in [1.29, 1.82) is 0 Å². The van der Waals surface area contributed by atoms with Crippen LogP contribution in [0.2, 0.25) is 0 Å². The number of nitro groups is 1. The number of rotatable bonds is 4. The molecule has 26 heavy (non-hydrogen) atoms. The lowest BCUT2D eigenvalue weighted by molar-refractivity contribution is -0.384. The van der Waals surface area contributed by atoms with E-state index < -0.39 is 16.8 Å². The van der Waals surface area contributed by atoms with Crippen molar-refractivity contribution in [1.82, 2.24) is 19.9 Å². The molecule has 1 aliphatic heterocycles. The van der Waals surface area contributed by atoms with Gasteiger partial charge in [0.2, 0.25) is 0 Å². The summed E-state index contributed by atoms with van der Waals surface area (Å²) >= 11 is 0. The summed E-state index contributed by atoms with van der Waals surface area (Å²) in [6.07, 6.45) is 1.15. The maximum Gasteiger partial charge on any atom is 0.308 e. The number of carboxylic acids is 1. The fraction of sp³-hybridized carbons (Fsp3) is 0.375. The molecule has 1 saturated heterocycles. The van der Waals surface area contributed by atoms with Crippen molar-refractivity contribution in [3.05, 3.63) is 45.8 Å². The highest BCUT2D eigenvalue weighted by Crippen LogP contribution is 2.21. The minimum absolute atomic E-state index is 0.0920. The summed E-state index contributed by atoms with van der Waals surface area (Å²) in [7, 11) is 0. The molecule has 10 heteroatoms. The van der Waals surface area contributed by atoms with Gasteiger partial charge in [0.1, 0.15) is 0 Å². The second-order valence-corrected chi connectivity index (χ2v) is 6.14. The first-order valence-corrected chi connectivity index (χ1v) is 8.07. The number of carboxylic acid groups (broad SMARTS) is 1. The van der Waals surface area contributed by atoms with E-state index in [1.807, 2.05) is 0 Å². The Labute approximate surface area is 148 Å². The number of benzene rings is 1. The summed E-state index contributed by atoms with van der Waals surface area (Å²) in [5.41, 5.74) is 0.881. The Balaban J connectivity index is 1.87. The number of carbonyl (C=O) groups excluding carboxylic acids is 1.